The summed E-state index contributed by atoms with van der Waals surface area (Å²) in [7, 11) is 2.76. The number of alkyl carbamates (subject to hydrolysis) is 1. The smallest absolute Gasteiger partial charge is 0.408 e. The van der Waals surface area contributed by atoms with Crippen LogP contribution >= 0.6 is 0 Å². The van der Waals surface area contributed by atoms with Crippen LogP contribution in [0.25, 0.3) is 0 Å². The summed E-state index contributed by atoms with van der Waals surface area (Å²) < 4.78 is 20.5. The number of carbonyl (C=O) groups excluding carboxylic acids is 4. The van der Waals surface area contributed by atoms with E-state index >= 15 is 0 Å². The SMILES string of the molecule is COC[C@H](NC(=O)OC(C)(C)C)C(=O)N[C@@H](COC)C(=O)N[C@@H](CC(C)C)C(=O)[C@@]1(C)CO1. The number of hydrogen-bond donors (Lipinski definition) is 3. The third kappa shape index (κ3) is 10.1. The van der Waals surface area contributed by atoms with E-state index in [0.717, 1.165) is 0 Å². The van der Waals surface area contributed by atoms with Gasteiger partial charge in [0.25, 0.3) is 0 Å². The monoisotopic (exact) mass is 473 g/mol. The Morgan fingerprint density at radius 3 is 1.76 bits per heavy atom. The van der Waals surface area contributed by atoms with Gasteiger partial charge in [0.15, 0.2) is 5.78 Å². The van der Waals surface area contributed by atoms with Crippen molar-refractivity contribution in [2.45, 2.75) is 77.3 Å². The van der Waals surface area contributed by atoms with Crippen LogP contribution in [0.5, 0.6) is 0 Å². The number of epoxide rings is 1. The number of ether oxygens (including phenoxy) is 4. The number of ketones is 1. The molecule has 1 saturated heterocycles. The number of amides is 3. The Kier molecular flexibility index (Phi) is 10.7. The molecule has 0 spiro atoms. The summed E-state index contributed by atoms with van der Waals surface area (Å²) in [6.07, 6.45) is -0.378. The van der Waals surface area contributed by atoms with Crippen LogP contribution in [0.3, 0.4) is 0 Å². The van der Waals surface area contributed by atoms with Crippen LogP contribution in [0, 0.1) is 5.92 Å². The lowest BCUT2D eigenvalue weighted by atomic mass is 9.93. The fourth-order valence-electron chi connectivity index (χ4n) is 3.02. The summed E-state index contributed by atoms with van der Waals surface area (Å²) in [5.41, 5.74) is -1.65. The van der Waals surface area contributed by atoms with E-state index in [9.17, 15) is 19.2 Å². The highest BCUT2D eigenvalue weighted by atomic mass is 16.6. The molecule has 11 nitrogen and oxygen atoms in total. The number of Topliss-reactive ketones (excluding diaryl/α,β-unsaturated/α-hetero) is 1. The van der Waals surface area contributed by atoms with Crippen molar-refractivity contribution < 1.29 is 38.1 Å². The second-order valence-electron chi connectivity index (χ2n) is 9.75. The lowest BCUT2D eigenvalue weighted by molar-refractivity contribution is -0.135. The van der Waals surface area contributed by atoms with E-state index in [4.69, 9.17) is 18.9 Å². The molecule has 1 aliphatic rings. The molecule has 1 heterocycles. The van der Waals surface area contributed by atoms with Crippen molar-refractivity contribution in [3.8, 4) is 0 Å². The molecule has 1 rings (SSSR count). The predicted octanol–water partition coefficient (Wildman–Crippen LogP) is 0.546. The van der Waals surface area contributed by atoms with Gasteiger partial charge in [0.1, 0.15) is 23.3 Å². The van der Waals surface area contributed by atoms with Crippen molar-refractivity contribution in [3.05, 3.63) is 0 Å². The van der Waals surface area contributed by atoms with Gasteiger partial charge in [-0.15, -0.1) is 0 Å². The van der Waals surface area contributed by atoms with Gasteiger partial charge in [-0.3, -0.25) is 14.4 Å². The molecule has 1 fully saturated rings. The van der Waals surface area contributed by atoms with Gasteiger partial charge in [-0.05, 0) is 40.0 Å². The third-order valence-electron chi connectivity index (χ3n) is 4.75. The van der Waals surface area contributed by atoms with Gasteiger partial charge < -0.3 is 34.9 Å². The fraction of sp³-hybridized carbons (Fsp3) is 0.818. The molecule has 0 bridgehead atoms. The van der Waals surface area contributed by atoms with Crippen LogP contribution < -0.4 is 16.0 Å². The van der Waals surface area contributed by atoms with E-state index in [1.165, 1.54) is 14.2 Å². The highest BCUT2D eigenvalue weighted by molar-refractivity contribution is 5.98. The van der Waals surface area contributed by atoms with E-state index in [1.54, 1.807) is 27.7 Å². The van der Waals surface area contributed by atoms with Gasteiger partial charge in [-0.2, -0.15) is 0 Å². The van der Waals surface area contributed by atoms with E-state index in [0.29, 0.717) is 13.0 Å². The largest absolute Gasteiger partial charge is 0.444 e. The first-order valence-corrected chi connectivity index (χ1v) is 11.0. The Morgan fingerprint density at radius 2 is 1.36 bits per heavy atom. The lowest BCUT2D eigenvalue weighted by Crippen LogP contribution is -2.59. The molecule has 0 radical (unpaired) electrons. The molecule has 0 saturated carbocycles. The predicted molar refractivity (Wildman–Crippen MR) is 120 cm³/mol. The van der Waals surface area contributed by atoms with Crippen molar-refractivity contribution in [2.75, 3.05) is 34.0 Å². The van der Waals surface area contributed by atoms with E-state index in [2.05, 4.69) is 16.0 Å². The second kappa shape index (κ2) is 12.3. The summed E-state index contributed by atoms with van der Waals surface area (Å²) >= 11 is 0. The molecular formula is C22H39N3O8. The minimum absolute atomic E-state index is 0.139. The summed E-state index contributed by atoms with van der Waals surface area (Å²) in [6, 6.07) is -2.97. The zero-order chi connectivity index (χ0) is 25.4. The minimum atomic E-state index is -1.11. The Labute approximate surface area is 195 Å². The first kappa shape index (κ1) is 28.8. The molecule has 0 aromatic carbocycles. The summed E-state index contributed by atoms with van der Waals surface area (Å²) in [5.74, 6) is -1.32. The molecule has 1 aliphatic heterocycles. The summed E-state index contributed by atoms with van der Waals surface area (Å²) in [5, 5.41) is 7.71. The molecule has 0 unspecified atom stereocenters. The molecule has 0 aliphatic carbocycles. The quantitative estimate of drug-likeness (QED) is 0.329. The normalized spacial score (nSPS) is 20.4. The van der Waals surface area contributed by atoms with E-state index in [-0.39, 0.29) is 24.9 Å². The van der Waals surface area contributed by atoms with Crippen molar-refractivity contribution in [1.82, 2.24) is 16.0 Å². The molecule has 3 amide bonds. The Hall–Kier alpha value is -2.24. The van der Waals surface area contributed by atoms with Gasteiger partial charge >= 0.3 is 6.09 Å². The van der Waals surface area contributed by atoms with Crippen LogP contribution in [0.4, 0.5) is 4.79 Å². The van der Waals surface area contributed by atoms with Gasteiger partial charge in [0.2, 0.25) is 11.8 Å². The van der Waals surface area contributed by atoms with Crippen LogP contribution in [0.2, 0.25) is 0 Å². The molecular weight excluding hydrogens is 434 g/mol. The third-order valence-corrected chi connectivity index (χ3v) is 4.75. The molecule has 190 valence electrons. The average Bonchev–Trinajstić information content (AvgIpc) is 3.42. The van der Waals surface area contributed by atoms with Crippen molar-refractivity contribution >= 4 is 23.7 Å². The number of hydrogen-bond acceptors (Lipinski definition) is 8. The number of nitrogens with one attached hydrogen (secondary N) is 3. The lowest BCUT2D eigenvalue weighted by Gasteiger charge is -2.26. The van der Waals surface area contributed by atoms with Gasteiger partial charge in [-0.25, -0.2) is 4.79 Å². The van der Waals surface area contributed by atoms with Gasteiger partial charge in [-0.1, -0.05) is 13.8 Å². The topological polar surface area (TPSA) is 145 Å². The zero-order valence-electron chi connectivity index (χ0n) is 20.9. The molecule has 33 heavy (non-hydrogen) atoms. The highest BCUT2D eigenvalue weighted by Gasteiger charge is 2.50. The fourth-order valence-corrected chi connectivity index (χ4v) is 3.02. The molecule has 4 atom stereocenters. The van der Waals surface area contributed by atoms with Crippen molar-refractivity contribution in [1.29, 1.82) is 0 Å². The Bertz CT molecular complexity index is 700. The average molecular weight is 474 g/mol. The maximum atomic E-state index is 13.0. The highest BCUT2D eigenvalue weighted by Crippen LogP contribution is 2.29. The first-order valence-electron chi connectivity index (χ1n) is 11.0. The Morgan fingerprint density at radius 1 is 0.909 bits per heavy atom. The maximum Gasteiger partial charge on any atom is 0.408 e. The van der Waals surface area contributed by atoms with Gasteiger partial charge in [0, 0.05) is 14.2 Å². The second-order valence-corrected chi connectivity index (χ2v) is 9.75. The van der Waals surface area contributed by atoms with E-state index < -0.39 is 47.2 Å². The number of methoxy groups -OCH3 is 2. The summed E-state index contributed by atoms with van der Waals surface area (Å²) in [4.78, 5) is 50.7. The number of rotatable bonds is 13. The van der Waals surface area contributed by atoms with E-state index in [1.807, 2.05) is 13.8 Å². The zero-order valence-corrected chi connectivity index (χ0v) is 20.9. The van der Waals surface area contributed by atoms with Crippen LogP contribution in [-0.2, 0) is 33.3 Å². The standard InChI is InChI=1S/C22H39N3O8/c1-13(2)9-14(17(26)22(6)12-32-22)23-18(27)15(10-30-7)24-19(28)16(11-31-8)25-20(29)33-21(3,4)5/h13-16H,9-12H2,1-8H3,(H,23,27)(H,24,28)(H,25,29)/t14-,15-,16-,22+/m0/s1. The van der Waals surface area contributed by atoms with Gasteiger partial charge in [0.05, 0.1) is 25.9 Å². The van der Waals surface area contributed by atoms with Crippen LogP contribution in [-0.4, -0.2) is 87.1 Å². The molecule has 11 heteroatoms. The minimum Gasteiger partial charge on any atom is -0.444 e. The van der Waals surface area contributed by atoms with Crippen LogP contribution in [0.15, 0.2) is 0 Å². The van der Waals surface area contributed by atoms with Crippen molar-refractivity contribution in [2.24, 2.45) is 5.92 Å². The summed E-state index contributed by atoms with van der Waals surface area (Å²) in [6.45, 7) is 10.7. The molecule has 0 aromatic rings. The maximum absolute atomic E-state index is 13.0. The number of carbonyl (C=O) groups is 4. The molecule has 3 N–H and O–H groups in total. The first-order chi connectivity index (χ1) is 15.2. The van der Waals surface area contributed by atoms with Crippen LogP contribution in [0.1, 0.15) is 48.0 Å². The van der Waals surface area contributed by atoms with Crippen molar-refractivity contribution in [3.63, 3.8) is 0 Å². The Balaban J connectivity index is 2.88. The molecule has 0 aromatic heterocycles.